The van der Waals surface area contributed by atoms with Gasteiger partial charge < -0.3 is 19.4 Å². The molecule has 0 aliphatic rings. The van der Waals surface area contributed by atoms with Crippen molar-refractivity contribution in [2.45, 2.75) is 11.8 Å². The second-order valence-corrected chi connectivity index (χ2v) is 6.68. The summed E-state index contributed by atoms with van der Waals surface area (Å²) in [6.45, 7) is 0.221. The molecule has 0 fully saturated rings. The largest absolute Gasteiger partial charge is 0.497 e. The van der Waals surface area contributed by atoms with Crippen LogP contribution in [0.1, 0.15) is 5.82 Å². The molecule has 28 heavy (non-hydrogen) atoms. The predicted molar refractivity (Wildman–Crippen MR) is 104 cm³/mol. The van der Waals surface area contributed by atoms with Gasteiger partial charge in [-0.25, -0.2) is 4.39 Å². The molecule has 0 saturated carbocycles. The number of benzene rings is 2. The van der Waals surface area contributed by atoms with Crippen LogP contribution in [0.15, 0.2) is 53.7 Å². The third kappa shape index (κ3) is 5.01. The molecule has 1 heterocycles. The number of methoxy groups -OCH3 is 1. The van der Waals surface area contributed by atoms with Crippen LogP contribution < -0.4 is 14.8 Å². The third-order valence-electron chi connectivity index (χ3n) is 3.81. The maximum atomic E-state index is 13.6. The number of carbonyl (C=O) groups excluding carboxylic acids is 1. The van der Waals surface area contributed by atoms with E-state index in [9.17, 15) is 9.18 Å². The number of carbonyl (C=O) groups is 1. The predicted octanol–water partition coefficient (Wildman–Crippen LogP) is 3.27. The van der Waals surface area contributed by atoms with Gasteiger partial charge in [-0.2, -0.15) is 0 Å². The first-order valence-corrected chi connectivity index (χ1v) is 9.37. The standard InChI is InChI=1S/C19H19FN4O3S/c1-24-17(11-27-14-7-5-6-13(10-14)26-2)22-23-19(24)28-12-18(25)21-16-9-4-3-8-15(16)20/h3-10H,11-12H2,1-2H3,(H,21,25). The van der Waals surface area contributed by atoms with Gasteiger partial charge in [0.1, 0.15) is 23.9 Å². The van der Waals surface area contributed by atoms with Crippen LogP contribution in [0.25, 0.3) is 0 Å². The van der Waals surface area contributed by atoms with Crippen molar-refractivity contribution in [1.29, 1.82) is 0 Å². The molecule has 0 aliphatic carbocycles. The number of aromatic nitrogens is 3. The molecule has 0 radical (unpaired) electrons. The van der Waals surface area contributed by atoms with Crippen molar-refractivity contribution in [3.63, 3.8) is 0 Å². The Labute approximate surface area is 165 Å². The van der Waals surface area contributed by atoms with E-state index in [4.69, 9.17) is 9.47 Å². The van der Waals surface area contributed by atoms with Gasteiger partial charge in [-0.1, -0.05) is 30.0 Å². The van der Waals surface area contributed by atoms with Crippen molar-refractivity contribution in [3.05, 3.63) is 60.2 Å². The summed E-state index contributed by atoms with van der Waals surface area (Å²) < 4.78 is 26.2. The maximum Gasteiger partial charge on any atom is 0.234 e. The second kappa shape index (κ2) is 9.23. The number of thioether (sulfide) groups is 1. The van der Waals surface area contributed by atoms with Crippen LogP contribution >= 0.6 is 11.8 Å². The number of halogens is 1. The fourth-order valence-corrected chi connectivity index (χ4v) is 3.04. The minimum absolute atomic E-state index is 0.0804. The molecule has 0 unspecified atom stereocenters. The molecule has 1 amide bonds. The summed E-state index contributed by atoms with van der Waals surface area (Å²) in [5.41, 5.74) is 0.151. The average molecular weight is 402 g/mol. The third-order valence-corrected chi connectivity index (χ3v) is 4.83. The van der Waals surface area contributed by atoms with E-state index in [2.05, 4.69) is 15.5 Å². The minimum Gasteiger partial charge on any atom is -0.497 e. The van der Waals surface area contributed by atoms with E-state index < -0.39 is 5.82 Å². The zero-order chi connectivity index (χ0) is 19.9. The van der Waals surface area contributed by atoms with Crippen molar-refractivity contribution in [3.8, 4) is 11.5 Å². The lowest BCUT2D eigenvalue weighted by atomic mass is 10.3. The van der Waals surface area contributed by atoms with Gasteiger partial charge in [0, 0.05) is 13.1 Å². The van der Waals surface area contributed by atoms with Crippen molar-refractivity contribution in [1.82, 2.24) is 14.8 Å². The highest BCUT2D eigenvalue weighted by Gasteiger charge is 2.13. The number of anilines is 1. The molecule has 2 aromatic carbocycles. The van der Waals surface area contributed by atoms with E-state index in [1.807, 2.05) is 18.2 Å². The number of nitrogens with one attached hydrogen (secondary N) is 1. The number of amides is 1. The molecule has 0 atom stereocenters. The quantitative estimate of drug-likeness (QED) is 0.583. The van der Waals surface area contributed by atoms with Crippen LogP contribution in [0, 0.1) is 5.82 Å². The van der Waals surface area contributed by atoms with Crippen LogP contribution in [0.2, 0.25) is 0 Å². The number of hydrogen-bond acceptors (Lipinski definition) is 6. The summed E-state index contributed by atoms with van der Waals surface area (Å²) >= 11 is 1.21. The summed E-state index contributed by atoms with van der Waals surface area (Å²) in [6, 6.07) is 13.3. The lowest BCUT2D eigenvalue weighted by Crippen LogP contribution is -2.15. The monoisotopic (exact) mass is 402 g/mol. The van der Waals surface area contributed by atoms with Crippen molar-refractivity contribution >= 4 is 23.4 Å². The van der Waals surface area contributed by atoms with Gasteiger partial charge in [0.2, 0.25) is 5.91 Å². The fourth-order valence-electron chi connectivity index (χ4n) is 2.31. The summed E-state index contributed by atoms with van der Waals surface area (Å²) in [5.74, 6) is 1.24. The minimum atomic E-state index is -0.475. The van der Waals surface area contributed by atoms with E-state index in [1.54, 1.807) is 36.9 Å². The van der Waals surface area contributed by atoms with Gasteiger partial charge >= 0.3 is 0 Å². The normalized spacial score (nSPS) is 10.5. The summed E-state index contributed by atoms with van der Waals surface area (Å²) in [7, 11) is 3.38. The Hall–Kier alpha value is -3.07. The van der Waals surface area contributed by atoms with Gasteiger partial charge in [-0.05, 0) is 24.3 Å². The molecule has 0 aliphatic heterocycles. The lowest BCUT2D eigenvalue weighted by molar-refractivity contribution is -0.113. The SMILES string of the molecule is COc1cccc(OCc2nnc(SCC(=O)Nc3ccccc3F)n2C)c1. The number of hydrogen-bond donors (Lipinski definition) is 1. The van der Waals surface area contributed by atoms with Crippen LogP contribution in [-0.4, -0.2) is 33.5 Å². The van der Waals surface area contributed by atoms with E-state index in [-0.39, 0.29) is 24.0 Å². The molecule has 9 heteroatoms. The number of rotatable bonds is 8. The van der Waals surface area contributed by atoms with Crippen molar-refractivity contribution < 1.29 is 18.7 Å². The maximum absolute atomic E-state index is 13.6. The molecule has 0 saturated heterocycles. The van der Waals surface area contributed by atoms with E-state index >= 15 is 0 Å². The molecule has 146 valence electrons. The highest BCUT2D eigenvalue weighted by Crippen LogP contribution is 2.21. The molecule has 7 nitrogen and oxygen atoms in total. The molecule has 3 aromatic rings. The Kier molecular flexibility index (Phi) is 6.49. The fraction of sp³-hybridized carbons (Fsp3) is 0.211. The second-order valence-electron chi connectivity index (χ2n) is 5.74. The average Bonchev–Trinajstić information content (AvgIpc) is 3.06. The zero-order valence-electron chi connectivity index (χ0n) is 15.4. The molecular formula is C19H19FN4O3S. The molecule has 1 aromatic heterocycles. The van der Waals surface area contributed by atoms with Gasteiger partial charge in [-0.3, -0.25) is 4.79 Å². The zero-order valence-corrected chi connectivity index (χ0v) is 16.2. The first-order chi connectivity index (χ1) is 13.6. The summed E-state index contributed by atoms with van der Waals surface area (Å²) in [5, 5.41) is 11.3. The Morgan fingerprint density at radius 3 is 2.75 bits per heavy atom. The highest BCUT2D eigenvalue weighted by molar-refractivity contribution is 7.99. The first-order valence-electron chi connectivity index (χ1n) is 8.39. The molecule has 0 bridgehead atoms. The van der Waals surface area contributed by atoms with E-state index in [0.717, 1.165) is 0 Å². The smallest absolute Gasteiger partial charge is 0.234 e. The Morgan fingerprint density at radius 2 is 1.96 bits per heavy atom. The molecular weight excluding hydrogens is 383 g/mol. The molecule has 0 spiro atoms. The molecule has 3 rings (SSSR count). The van der Waals surface area contributed by atoms with Gasteiger partial charge in [-0.15, -0.1) is 10.2 Å². The first kappa shape index (κ1) is 19.7. The Morgan fingerprint density at radius 1 is 1.18 bits per heavy atom. The van der Waals surface area contributed by atoms with Crippen molar-refractivity contribution in [2.75, 3.05) is 18.2 Å². The van der Waals surface area contributed by atoms with Crippen molar-refractivity contribution in [2.24, 2.45) is 7.05 Å². The van der Waals surface area contributed by atoms with Gasteiger partial charge in [0.15, 0.2) is 11.0 Å². The van der Waals surface area contributed by atoms with Crippen LogP contribution in [0.4, 0.5) is 10.1 Å². The van der Waals surface area contributed by atoms with Gasteiger partial charge in [0.25, 0.3) is 0 Å². The number of para-hydroxylation sites is 1. The van der Waals surface area contributed by atoms with E-state index in [0.29, 0.717) is 22.5 Å². The lowest BCUT2D eigenvalue weighted by Gasteiger charge is -2.08. The Balaban J connectivity index is 1.54. The van der Waals surface area contributed by atoms with Crippen LogP contribution in [0.5, 0.6) is 11.5 Å². The van der Waals surface area contributed by atoms with E-state index in [1.165, 1.54) is 23.9 Å². The number of nitrogens with zero attached hydrogens (tertiary/aromatic N) is 3. The van der Waals surface area contributed by atoms with Crippen LogP contribution in [-0.2, 0) is 18.4 Å². The van der Waals surface area contributed by atoms with Gasteiger partial charge in [0.05, 0.1) is 18.6 Å². The summed E-state index contributed by atoms with van der Waals surface area (Å²) in [6.07, 6.45) is 0. The summed E-state index contributed by atoms with van der Waals surface area (Å²) in [4.78, 5) is 12.0. The number of ether oxygens (including phenoxy) is 2. The van der Waals surface area contributed by atoms with Crippen LogP contribution in [0.3, 0.4) is 0 Å². The topological polar surface area (TPSA) is 78.3 Å². The Bertz CT molecular complexity index is 964. The molecule has 1 N–H and O–H groups in total. The highest BCUT2D eigenvalue weighted by atomic mass is 32.2.